The summed E-state index contributed by atoms with van der Waals surface area (Å²) in [4.78, 5) is 17.2. The van der Waals surface area contributed by atoms with Gasteiger partial charge < -0.3 is 10.0 Å². The summed E-state index contributed by atoms with van der Waals surface area (Å²) in [5.41, 5.74) is 2.83. The lowest BCUT2D eigenvalue weighted by Gasteiger charge is -2.18. The summed E-state index contributed by atoms with van der Waals surface area (Å²) >= 11 is 0. The van der Waals surface area contributed by atoms with Crippen LogP contribution in [0.15, 0.2) is 24.4 Å². The molecule has 0 radical (unpaired) electrons. The third-order valence-electron chi connectivity index (χ3n) is 2.67. The topological polar surface area (TPSA) is 53.4 Å². The number of aromatic nitrogens is 1. The molecule has 0 atom stereocenters. The van der Waals surface area contributed by atoms with Crippen molar-refractivity contribution in [1.29, 1.82) is 0 Å². The number of pyridine rings is 1. The summed E-state index contributed by atoms with van der Waals surface area (Å²) in [6, 6.07) is 5.84. The summed E-state index contributed by atoms with van der Waals surface area (Å²) in [5.74, 6) is -0.954. The van der Waals surface area contributed by atoms with Crippen molar-refractivity contribution in [1.82, 2.24) is 4.98 Å². The number of carbonyl (C=O) groups is 1. The fourth-order valence-electron chi connectivity index (χ4n) is 1.93. The first-order chi connectivity index (χ1) is 8.00. The molecule has 0 unspecified atom stereocenters. The maximum absolute atomic E-state index is 11.2. The Bertz CT molecular complexity index is 591. The molecule has 1 aromatic heterocycles. The Hall–Kier alpha value is -2.10. The van der Waals surface area contributed by atoms with Gasteiger partial charge in [0.1, 0.15) is 5.56 Å². The molecular weight excluding hydrogens is 216 g/mol. The third kappa shape index (κ3) is 1.93. The van der Waals surface area contributed by atoms with Crippen LogP contribution in [0.25, 0.3) is 10.9 Å². The van der Waals surface area contributed by atoms with Gasteiger partial charge in [0.05, 0.1) is 11.2 Å². The summed E-state index contributed by atoms with van der Waals surface area (Å²) in [6.45, 7) is 1.98. The molecule has 0 fully saturated rings. The first kappa shape index (κ1) is 11.4. The highest BCUT2D eigenvalue weighted by Crippen LogP contribution is 2.28. The molecule has 0 amide bonds. The number of carboxylic acids is 1. The second-order valence-corrected chi connectivity index (χ2v) is 4.24. The van der Waals surface area contributed by atoms with Crippen molar-refractivity contribution in [2.75, 3.05) is 19.0 Å². The van der Waals surface area contributed by atoms with Crippen LogP contribution in [-0.2, 0) is 0 Å². The molecule has 2 aromatic rings. The van der Waals surface area contributed by atoms with Crippen LogP contribution in [0.4, 0.5) is 5.69 Å². The lowest BCUT2D eigenvalue weighted by Crippen LogP contribution is -2.15. The van der Waals surface area contributed by atoms with Crippen molar-refractivity contribution < 1.29 is 9.90 Å². The van der Waals surface area contributed by atoms with Crippen LogP contribution in [0.1, 0.15) is 15.9 Å². The van der Waals surface area contributed by atoms with Gasteiger partial charge in [-0.15, -0.1) is 0 Å². The normalized spacial score (nSPS) is 10.5. The summed E-state index contributed by atoms with van der Waals surface area (Å²) in [7, 11) is 3.67. The van der Waals surface area contributed by atoms with Crippen LogP contribution in [0.3, 0.4) is 0 Å². The predicted octanol–water partition coefficient (Wildman–Crippen LogP) is 2.31. The number of rotatable bonds is 2. The molecule has 0 bridgehead atoms. The number of carboxylic acid groups (broad SMARTS) is 1. The highest BCUT2D eigenvalue weighted by atomic mass is 16.4. The number of aromatic carboxylic acids is 1. The van der Waals surface area contributed by atoms with E-state index in [9.17, 15) is 9.90 Å². The molecule has 88 valence electrons. The zero-order chi connectivity index (χ0) is 12.6. The molecular formula is C13H14N2O2. The Labute approximate surface area is 99.5 Å². The molecule has 0 saturated heterocycles. The Morgan fingerprint density at radius 2 is 2.06 bits per heavy atom. The van der Waals surface area contributed by atoms with E-state index in [2.05, 4.69) is 4.98 Å². The van der Waals surface area contributed by atoms with Crippen molar-refractivity contribution in [3.05, 3.63) is 35.5 Å². The van der Waals surface area contributed by atoms with Crippen molar-refractivity contribution in [2.45, 2.75) is 6.92 Å². The van der Waals surface area contributed by atoms with Crippen molar-refractivity contribution >= 4 is 22.6 Å². The molecule has 0 saturated carbocycles. The molecule has 2 rings (SSSR count). The van der Waals surface area contributed by atoms with Gasteiger partial charge >= 0.3 is 5.97 Å². The average Bonchev–Trinajstić information content (AvgIpc) is 2.26. The SMILES string of the molecule is Cc1ccc2ncc(C(=O)O)c(N(C)C)c2c1. The average molecular weight is 230 g/mol. The van der Waals surface area contributed by atoms with E-state index in [4.69, 9.17) is 0 Å². The zero-order valence-electron chi connectivity index (χ0n) is 10.1. The van der Waals surface area contributed by atoms with Gasteiger partial charge in [-0.25, -0.2) is 4.79 Å². The molecule has 17 heavy (non-hydrogen) atoms. The van der Waals surface area contributed by atoms with Gasteiger partial charge in [0.25, 0.3) is 0 Å². The van der Waals surface area contributed by atoms with Gasteiger partial charge in [0, 0.05) is 25.7 Å². The van der Waals surface area contributed by atoms with E-state index in [0.717, 1.165) is 16.5 Å². The van der Waals surface area contributed by atoms with Gasteiger partial charge in [-0.2, -0.15) is 0 Å². The minimum Gasteiger partial charge on any atom is -0.478 e. The first-order valence-corrected chi connectivity index (χ1v) is 5.30. The molecule has 4 nitrogen and oxygen atoms in total. The van der Waals surface area contributed by atoms with Gasteiger partial charge in [0.2, 0.25) is 0 Å². The van der Waals surface area contributed by atoms with E-state index < -0.39 is 5.97 Å². The van der Waals surface area contributed by atoms with E-state index in [1.54, 1.807) is 0 Å². The van der Waals surface area contributed by atoms with E-state index >= 15 is 0 Å². The number of anilines is 1. The van der Waals surface area contributed by atoms with E-state index in [-0.39, 0.29) is 5.56 Å². The summed E-state index contributed by atoms with van der Waals surface area (Å²) in [5, 5.41) is 10.0. The van der Waals surface area contributed by atoms with Gasteiger partial charge in [0.15, 0.2) is 0 Å². The van der Waals surface area contributed by atoms with Gasteiger partial charge in [-0.05, 0) is 19.1 Å². The molecule has 0 aliphatic carbocycles. The lowest BCUT2D eigenvalue weighted by molar-refractivity contribution is 0.0697. The standard InChI is InChI=1S/C13H14N2O2/c1-8-4-5-11-9(6-8)12(15(2)3)10(7-14-11)13(16)17/h4-7H,1-3H3,(H,16,17). The lowest BCUT2D eigenvalue weighted by atomic mass is 10.1. The second kappa shape index (κ2) is 4.05. The molecule has 1 N–H and O–H groups in total. The fourth-order valence-corrected chi connectivity index (χ4v) is 1.93. The summed E-state index contributed by atoms with van der Waals surface area (Å²) in [6.07, 6.45) is 1.41. The largest absolute Gasteiger partial charge is 0.478 e. The zero-order valence-corrected chi connectivity index (χ0v) is 10.1. The van der Waals surface area contributed by atoms with E-state index in [0.29, 0.717) is 5.69 Å². The highest BCUT2D eigenvalue weighted by Gasteiger charge is 2.15. The molecule has 0 spiro atoms. The maximum atomic E-state index is 11.2. The predicted molar refractivity (Wildman–Crippen MR) is 67.8 cm³/mol. The van der Waals surface area contributed by atoms with Crippen molar-refractivity contribution in [2.24, 2.45) is 0 Å². The Kier molecular flexibility index (Phi) is 2.71. The van der Waals surface area contributed by atoms with Gasteiger partial charge in [-0.1, -0.05) is 11.6 Å². The highest BCUT2D eigenvalue weighted by molar-refractivity contribution is 6.04. The van der Waals surface area contributed by atoms with Crippen LogP contribution in [-0.4, -0.2) is 30.2 Å². The van der Waals surface area contributed by atoms with Crippen LogP contribution < -0.4 is 4.90 Å². The number of nitrogens with zero attached hydrogens (tertiary/aromatic N) is 2. The van der Waals surface area contributed by atoms with Crippen molar-refractivity contribution in [3.63, 3.8) is 0 Å². The maximum Gasteiger partial charge on any atom is 0.339 e. The molecule has 0 aliphatic heterocycles. The molecule has 1 aromatic carbocycles. The second-order valence-electron chi connectivity index (χ2n) is 4.24. The number of hydrogen-bond acceptors (Lipinski definition) is 3. The number of aryl methyl sites for hydroxylation is 1. The van der Waals surface area contributed by atoms with Crippen LogP contribution in [0.2, 0.25) is 0 Å². The minimum atomic E-state index is -0.954. The molecule has 4 heteroatoms. The van der Waals surface area contributed by atoms with Crippen LogP contribution >= 0.6 is 0 Å². The van der Waals surface area contributed by atoms with Gasteiger partial charge in [-0.3, -0.25) is 4.98 Å². The molecule has 0 aliphatic rings. The first-order valence-electron chi connectivity index (χ1n) is 5.30. The summed E-state index contributed by atoms with van der Waals surface area (Å²) < 4.78 is 0. The van der Waals surface area contributed by atoms with Crippen LogP contribution in [0.5, 0.6) is 0 Å². The number of hydrogen-bond donors (Lipinski definition) is 1. The monoisotopic (exact) mass is 230 g/mol. The number of fused-ring (bicyclic) bond motifs is 1. The number of benzene rings is 1. The minimum absolute atomic E-state index is 0.230. The third-order valence-corrected chi connectivity index (χ3v) is 2.67. The van der Waals surface area contributed by atoms with Crippen molar-refractivity contribution in [3.8, 4) is 0 Å². The van der Waals surface area contributed by atoms with E-state index in [1.807, 2.05) is 44.1 Å². The Morgan fingerprint density at radius 1 is 1.35 bits per heavy atom. The van der Waals surface area contributed by atoms with Crippen LogP contribution in [0, 0.1) is 6.92 Å². The smallest absolute Gasteiger partial charge is 0.339 e. The fraction of sp³-hybridized carbons (Fsp3) is 0.231. The Morgan fingerprint density at radius 3 is 2.65 bits per heavy atom. The Balaban J connectivity index is 2.87. The molecule has 1 heterocycles. The van der Waals surface area contributed by atoms with E-state index in [1.165, 1.54) is 6.20 Å². The quantitative estimate of drug-likeness (QED) is 0.860.